The van der Waals surface area contributed by atoms with Gasteiger partial charge >= 0.3 is 5.97 Å². The number of ether oxygens (including phenoxy) is 1. The zero-order valence-electron chi connectivity index (χ0n) is 13.0. The van der Waals surface area contributed by atoms with Crippen LogP contribution >= 0.6 is 0 Å². The van der Waals surface area contributed by atoms with Gasteiger partial charge in [-0.2, -0.15) is 5.10 Å². The highest BCUT2D eigenvalue weighted by Crippen LogP contribution is 2.21. The Hall–Kier alpha value is -1.85. The molecule has 2 rings (SSSR count). The van der Waals surface area contributed by atoms with E-state index in [9.17, 15) is 9.59 Å². The summed E-state index contributed by atoms with van der Waals surface area (Å²) in [7, 11) is 0. The monoisotopic (exact) mass is 293 g/mol. The van der Waals surface area contributed by atoms with Gasteiger partial charge in [-0.1, -0.05) is 0 Å². The first-order valence-corrected chi connectivity index (χ1v) is 7.56. The molecule has 6 heteroatoms. The molecule has 1 aliphatic rings. The molecule has 116 valence electrons. The number of carbonyl (C=O) groups excluding carboxylic acids is 2. The highest BCUT2D eigenvalue weighted by molar-refractivity contribution is 5.95. The van der Waals surface area contributed by atoms with Gasteiger partial charge in [0.05, 0.1) is 23.8 Å². The van der Waals surface area contributed by atoms with Crippen LogP contribution in [0.4, 0.5) is 0 Å². The second kappa shape index (κ2) is 6.74. The van der Waals surface area contributed by atoms with E-state index in [1.54, 1.807) is 15.8 Å². The SMILES string of the molecule is CCOC(=O)C1CCN(C(=O)c2cn(CC)nc2C)CC1. The lowest BCUT2D eigenvalue weighted by atomic mass is 9.96. The van der Waals surface area contributed by atoms with Crippen LogP contribution in [-0.4, -0.2) is 46.3 Å². The first-order chi connectivity index (χ1) is 10.1. The molecule has 0 radical (unpaired) electrons. The lowest BCUT2D eigenvalue weighted by Crippen LogP contribution is -2.40. The Bertz CT molecular complexity index is 516. The molecule has 0 atom stereocenters. The van der Waals surface area contributed by atoms with Gasteiger partial charge in [0.2, 0.25) is 0 Å². The van der Waals surface area contributed by atoms with Crippen molar-refractivity contribution < 1.29 is 14.3 Å². The molecule has 0 spiro atoms. The number of nitrogens with zero attached hydrogens (tertiary/aromatic N) is 3. The van der Waals surface area contributed by atoms with Crippen LogP contribution in [0, 0.1) is 12.8 Å². The predicted molar refractivity (Wildman–Crippen MR) is 77.9 cm³/mol. The van der Waals surface area contributed by atoms with Crippen molar-refractivity contribution in [2.24, 2.45) is 5.92 Å². The Morgan fingerprint density at radius 3 is 2.52 bits per heavy atom. The molecule has 1 amide bonds. The maximum atomic E-state index is 12.5. The second-order valence-corrected chi connectivity index (χ2v) is 5.30. The van der Waals surface area contributed by atoms with Crippen LogP contribution in [0.2, 0.25) is 0 Å². The number of amides is 1. The molecule has 0 bridgehead atoms. The lowest BCUT2D eigenvalue weighted by molar-refractivity contribution is -0.149. The molecule has 0 unspecified atom stereocenters. The number of hydrogen-bond acceptors (Lipinski definition) is 4. The quantitative estimate of drug-likeness (QED) is 0.791. The predicted octanol–water partition coefficient (Wildman–Crippen LogP) is 1.63. The smallest absolute Gasteiger partial charge is 0.309 e. The number of hydrogen-bond donors (Lipinski definition) is 0. The summed E-state index contributed by atoms with van der Waals surface area (Å²) in [4.78, 5) is 26.0. The van der Waals surface area contributed by atoms with Gasteiger partial charge in [0, 0.05) is 25.8 Å². The average Bonchev–Trinajstić information content (AvgIpc) is 2.88. The molecule has 0 aliphatic carbocycles. The number of piperidine rings is 1. The molecular weight excluding hydrogens is 270 g/mol. The molecular formula is C15H23N3O3. The Labute approximate surface area is 125 Å². The van der Waals surface area contributed by atoms with Crippen LogP contribution in [0.25, 0.3) is 0 Å². The Balaban J connectivity index is 1.96. The molecule has 1 aliphatic heterocycles. The molecule has 0 N–H and O–H groups in total. The highest BCUT2D eigenvalue weighted by atomic mass is 16.5. The third-order valence-corrected chi connectivity index (χ3v) is 3.90. The molecule has 0 aromatic carbocycles. The molecule has 1 saturated heterocycles. The van der Waals surface area contributed by atoms with Crippen molar-refractivity contribution in [3.05, 3.63) is 17.5 Å². The van der Waals surface area contributed by atoms with E-state index in [0.717, 1.165) is 12.2 Å². The van der Waals surface area contributed by atoms with Crippen molar-refractivity contribution in [3.8, 4) is 0 Å². The summed E-state index contributed by atoms with van der Waals surface area (Å²) in [5, 5.41) is 4.31. The Morgan fingerprint density at radius 2 is 2.00 bits per heavy atom. The first kappa shape index (κ1) is 15.5. The van der Waals surface area contributed by atoms with Gasteiger partial charge in [-0.15, -0.1) is 0 Å². The van der Waals surface area contributed by atoms with Crippen molar-refractivity contribution in [1.82, 2.24) is 14.7 Å². The summed E-state index contributed by atoms with van der Waals surface area (Å²) < 4.78 is 6.81. The van der Waals surface area contributed by atoms with Crippen molar-refractivity contribution in [3.63, 3.8) is 0 Å². The van der Waals surface area contributed by atoms with E-state index in [2.05, 4.69) is 5.10 Å². The van der Waals surface area contributed by atoms with Gasteiger partial charge in [0.1, 0.15) is 0 Å². The molecule has 0 saturated carbocycles. The summed E-state index contributed by atoms with van der Waals surface area (Å²) in [6, 6.07) is 0. The lowest BCUT2D eigenvalue weighted by Gasteiger charge is -2.30. The second-order valence-electron chi connectivity index (χ2n) is 5.30. The first-order valence-electron chi connectivity index (χ1n) is 7.56. The minimum atomic E-state index is -0.139. The van der Waals surface area contributed by atoms with Crippen LogP contribution in [0.5, 0.6) is 0 Å². The third kappa shape index (κ3) is 3.43. The fourth-order valence-corrected chi connectivity index (χ4v) is 2.64. The number of esters is 1. The topological polar surface area (TPSA) is 64.4 Å². The number of carbonyl (C=O) groups is 2. The van der Waals surface area contributed by atoms with Crippen LogP contribution < -0.4 is 0 Å². The minimum Gasteiger partial charge on any atom is -0.466 e. The van der Waals surface area contributed by atoms with E-state index >= 15 is 0 Å². The van der Waals surface area contributed by atoms with E-state index < -0.39 is 0 Å². The van der Waals surface area contributed by atoms with Gasteiger partial charge < -0.3 is 9.64 Å². The van der Waals surface area contributed by atoms with Crippen molar-refractivity contribution in [1.29, 1.82) is 0 Å². The zero-order chi connectivity index (χ0) is 15.4. The van der Waals surface area contributed by atoms with E-state index in [0.29, 0.717) is 38.1 Å². The summed E-state index contributed by atoms with van der Waals surface area (Å²) >= 11 is 0. The fraction of sp³-hybridized carbons (Fsp3) is 0.667. The number of rotatable bonds is 4. The number of aromatic nitrogens is 2. The van der Waals surface area contributed by atoms with Crippen LogP contribution in [-0.2, 0) is 16.1 Å². The standard InChI is InChI=1S/C15H23N3O3/c1-4-18-10-13(11(3)16-18)14(19)17-8-6-12(7-9-17)15(20)21-5-2/h10,12H,4-9H2,1-3H3. The van der Waals surface area contributed by atoms with Crippen molar-refractivity contribution in [2.45, 2.75) is 40.2 Å². The maximum Gasteiger partial charge on any atom is 0.309 e. The van der Waals surface area contributed by atoms with E-state index in [1.165, 1.54) is 0 Å². The van der Waals surface area contributed by atoms with Gasteiger partial charge in [0.25, 0.3) is 5.91 Å². The Morgan fingerprint density at radius 1 is 1.33 bits per heavy atom. The normalized spacial score (nSPS) is 16.0. The van der Waals surface area contributed by atoms with Crippen LogP contribution in [0.3, 0.4) is 0 Å². The molecule has 2 heterocycles. The summed E-state index contributed by atoms with van der Waals surface area (Å²) in [6.07, 6.45) is 3.15. The van der Waals surface area contributed by atoms with Crippen molar-refractivity contribution >= 4 is 11.9 Å². The van der Waals surface area contributed by atoms with Crippen LogP contribution in [0.1, 0.15) is 42.7 Å². The van der Waals surface area contributed by atoms with Crippen LogP contribution in [0.15, 0.2) is 6.20 Å². The summed E-state index contributed by atoms with van der Waals surface area (Å²) in [5.74, 6) is -0.206. The summed E-state index contributed by atoms with van der Waals surface area (Å²) in [5.41, 5.74) is 1.42. The van der Waals surface area contributed by atoms with Gasteiger partial charge in [-0.05, 0) is 33.6 Å². The van der Waals surface area contributed by atoms with E-state index in [4.69, 9.17) is 4.74 Å². The molecule has 6 nitrogen and oxygen atoms in total. The van der Waals surface area contributed by atoms with Gasteiger partial charge in [0.15, 0.2) is 0 Å². The maximum absolute atomic E-state index is 12.5. The largest absolute Gasteiger partial charge is 0.466 e. The molecule has 1 fully saturated rings. The molecule has 1 aromatic rings. The van der Waals surface area contributed by atoms with Crippen molar-refractivity contribution in [2.75, 3.05) is 19.7 Å². The number of likely N-dealkylation sites (tertiary alicyclic amines) is 1. The van der Waals surface area contributed by atoms with Gasteiger partial charge in [-0.3, -0.25) is 14.3 Å². The average molecular weight is 293 g/mol. The third-order valence-electron chi connectivity index (χ3n) is 3.90. The molecule has 21 heavy (non-hydrogen) atoms. The summed E-state index contributed by atoms with van der Waals surface area (Å²) in [6.45, 7) is 8.01. The zero-order valence-corrected chi connectivity index (χ0v) is 13.0. The number of aryl methyl sites for hydroxylation is 2. The van der Waals surface area contributed by atoms with E-state index in [1.807, 2.05) is 20.8 Å². The Kier molecular flexibility index (Phi) is 4.98. The highest BCUT2D eigenvalue weighted by Gasteiger charge is 2.29. The molecule has 1 aromatic heterocycles. The van der Waals surface area contributed by atoms with E-state index in [-0.39, 0.29) is 17.8 Å². The minimum absolute atomic E-state index is 0.00880. The van der Waals surface area contributed by atoms with Gasteiger partial charge in [-0.25, -0.2) is 0 Å². The fourth-order valence-electron chi connectivity index (χ4n) is 2.64.